The molecule has 26 heavy (non-hydrogen) atoms. The van der Waals surface area contributed by atoms with Gasteiger partial charge >= 0.3 is 0 Å². The van der Waals surface area contributed by atoms with Crippen molar-refractivity contribution in [3.63, 3.8) is 0 Å². The first-order chi connectivity index (χ1) is 12.6. The zero-order valence-corrected chi connectivity index (χ0v) is 15.5. The minimum Gasteiger partial charge on any atom is -0.507 e. The molecule has 5 heteroatoms. The van der Waals surface area contributed by atoms with Crippen LogP contribution < -0.4 is 5.32 Å². The molecular weight excluding hydrogens is 330 g/mol. The molecule has 140 valence electrons. The quantitative estimate of drug-likeness (QED) is 0.639. The molecule has 2 aromatic carbocycles. The second kappa shape index (κ2) is 10.6. The first kappa shape index (κ1) is 19.9. The van der Waals surface area contributed by atoms with Crippen LogP contribution in [0.25, 0.3) is 0 Å². The molecule has 0 aromatic heterocycles. The Labute approximate surface area is 155 Å². The molecule has 0 aliphatic rings. The Hall–Kier alpha value is -2.37. The minimum absolute atomic E-state index is 0.00357. The minimum atomic E-state index is -0.281. The van der Waals surface area contributed by atoms with Gasteiger partial charge in [0.25, 0.3) is 5.91 Å². The molecule has 0 aliphatic carbocycles. The molecule has 0 aliphatic heterocycles. The molecule has 5 nitrogen and oxygen atoms in total. The number of hydrogen-bond acceptors (Lipinski definition) is 4. The Balaban J connectivity index is 1.89. The molecule has 0 saturated carbocycles. The van der Waals surface area contributed by atoms with Crippen LogP contribution in [0.5, 0.6) is 5.75 Å². The number of rotatable bonds is 10. The van der Waals surface area contributed by atoms with E-state index in [0.29, 0.717) is 38.5 Å². The summed E-state index contributed by atoms with van der Waals surface area (Å²) in [7, 11) is 0. The number of phenolic OH excluding ortho intramolecular Hbond substituents is 1. The molecular formula is C21H27NO4. The third-order valence-corrected chi connectivity index (χ3v) is 4.00. The number of aromatic hydroxyl groups is 1. The van der Waals surface area contributed by atoms with Gasteiger partial charge in [-0.3, -0.25) is 4.79 Å². The fourth-order valence-corrected chi connectivity index (χ4v) is 2.54. The van der Waals surface area contributed by atoms with Gasteiger partial charge in [0.2, 0.25) is 0 Å². The fourth-order valence-electron chi connectivity index (χ4n) is 2.54. The van der Waals surface area contributed by atoms with Crippen molar-refractivity contribution in [1.29, 1.82) is 0 Å². The molecule has 2 aromatic rings. The summed E-state index contributed by atoms with van der Waals surface area (Å²) in [5, 5.41) is 12.8. The van der Waals surface area contributed by atoms with Gasteiger partial charge in [-0.2, -0.15) is 0 Å². The highest BCUT2D eigenvalue weighted by atomic mass is 16.5. The van der Waals surface area contributed by atoms with Gasteiger partial charge in [-0.1, -0.05) is 37.3 Å². The van der Waals surface area contributed by atoms with Crippen molar-refractivity contribution >= 4 is 5.91 Å². The number of ether oxygens (including phenoxy) is 2. The highest BCUT2D eigenvalue weighted by Gasteiger charge is 2.11. The summed E-state index contributed by atoms with van der Waals surface area (Å²) in [4.78, 5) is 12.4. The Bertz CT molecular complexity index is 715. The first-order valence-corrected chi connectivity index (χ1v) is 8.97. The molecule has 0 bridgehead atoms. The monoisotopic (exact) mass is 357 g/mol. The van der Waals surface area contributed by atoms with Crippen molar-refractivity contribution in [1.82, 2.24) is 5.32 Å². The number of phenols is 1. The predicted octanol–water partition coefficient (Wildman–Crippen LogP) is 3.44. The topological polar surface area (TPSA) is 67.8 Å². The number of aryl methyl sites for hydroxylation is 1. The van der Waals surface area contributed by atoms with Gasteiger partial charge in [0, 0.05) is 13.2 Å². The van der Waals surface area contributed by atoms with Crippen LogP contribution in [0.1, 0.15) is 40.9 Å². The van der Waals surface area contributed by atoms with Crippen molar-refractivity contribution < 1.29 is 19.4 Å². The second-order valence-corrected chi connectivity index (χ2v) is 5.96. The van der Waals surface area contributed by atoms with E-state index in [1.54, 1.807) is 12.1 Å². The van der Waals surface area contributed by atoms with E-state index in [1.165, 1.54) is 0 Å². The Kier molecular flexibility index (Phi) is 8.12. The van der Waals surface area contributed by atoms with Crippen molar-refractivity contribution in [3.05, 3.63) is 64.7 Å². The number of benzene rings is 2. The SMILES string of the molecule is CCOCCOCc1cccc(CNC(=O)c2cc(CC)ccc2O)c1. The molecule has 2 rings (SSSR count). The maximum absolute atomic E-state index is 12.4. The van der Waals surface area contributed by atoms with Crippen LogP contribution in [0.3, 0.4) is 0 Å². The maximum Gasteiger partial charge on any atom is 0.255 e. The summed E-state index contributed by atoms with van der Waals surface area (Å²) in [5.41, 5.74) is 3.35. The van der Waals surface area contributed by atoms with Crippen molar-refractivity contribution in [3.8, 4) is 5.75 Å². The number of amides is 1. The van der Waals surface area contributed by atoms with Crippen LogP contribution in [-0.4, -0.2) is 30.8 Å². The van der Waals surface area contributed by atoms with Crippen LogP contribution in [0.15, 0.2) is 42.5 Å². The number of nitrogens with one attached hydrogen (secondary N) is 1. The largest absolute Gasteiger partial charge is 0.507 e. The normalized spacial score (nSPS) is 10.7. The number of carbonyl (C=O) groups is 1. The predicted molar refractivity (Wildman–Crippen MR) is 101 cm³/mol. The van der Waals surface area contributed by atoms with Crippen LogP contribution in [0, 0.1) is 0 Å². The van der Waals surface area contributed by atoms with Gasteiger partial charge in [-0.15, -0.1) is 0 Å². The van der Waals surface area contributed by atoms with Crippen LogP contribution in [0.4, 0.5) is 0 Å². The lowest BCUT2D eigenvalue weighted by Gasteiger charge is -2.10. The molecule has 0 saturated heterocycles. The summed E-state index contributed by atoms with van der Waals surface area (Å²) < 4.78 is 10.8. The summed E-state index contributed by atoms with van der Waals surface area (Å²) in [6.45, 7) is 6.70. The Morgan fingerprint density at radius 1 is 1.00 bits per heavy atom. The Morgan fingerprint density at radius 2 is 1.77 bits per heavy atom. The smallest absolute Gasteiger partial charge is 0.255 e. The molecule has 0 unspecified atom stereocenters. The summed E-state index contributed by atoms with van der Waals surface area (Å²) >= 11 is 0. The standard InChI is InChI=1S/C21H27NO4/c1-3-16-8-9-20(23)19(13-16)21(24)22-14-17-6-5-7-18(12-17)15-26-11-10-25-4-2/h5-9,12-13,23H,3-4,10-11,14-15H2,1-2H3,(H,22,24). The molecule has 2 N–H and O–H groups in total. The van der Waals surface area contributed by atoms with Crippen LogP contribution >= 0.6 is 0 Å². The highest BCUT2D eigenvalue weighted by Crippen LogP contribution is 2.19. The van der Waals surface area contributed by atoms with E-state index in [1.807, 2.05) is 44.2 Å². The van der Waals surface area contributed by atoms with E-state index in [-0.39, 0.29) is 11.7 Å². The van der Waals surface area contributed by atoms with Gasteiger partial charge in [0.05, 0.1) is 25.4 Å². The van der Waals surface area contributed by atoms with Crippen LogP contribution in [-0.2, 0) is 29.0 Å². The summed E-state index contributed by atoms with van der Waals surface area (Å²) in [5.74, 6) is -0.285. The zero-order valence-electron chi connectivity index (χ0n) is 15.5. The van der Waals surface area contributed by atoms with Crippen molar-refractivity contribution in [2.75, 3.05) is 19.8 Å². The Morgan fingerprint density at radius 3 is 2.54 bits per heavy atom. The third-order valence-electron chi connectivity index (χ3n) is 4.00. The van der Waals surface area contributed by atoms with Gasteiger partial charge in [0.15, 0.2) is 0 Å². The molecule has 0 fully saturated rings. The summed E-state index contributed by atoms with van der Waals surface area (Å²) in [6, 6.07) is 13.0. The van der Waals surface area contributed by atoms with Crippen molar-refractivity contribution in [2.24, 2.45) is 0 Å². The lowest BCUT2D eigenvalue weighted by atomic mass is 10.1. The van der Waals surface area contributed by atoms with E-state index in [9.17, 15) is 9.90 Å². The van der Waals surface area contributed by atoms with E-state index in [2.05, 4.69) is 5.32 Å². The van der Waals surface area contributed by atoms with E-state index < -0.39 is 0 Å². The fraction of sp³-hybridized carbons (Fsp3) is 0.381. The number of hydrogen-bond donors (Lipinski definition) is 2. The van der Waals surface area contributed by atoms with Crippen LogP contribution in [0.2, 0.25) is 0 Å². The molecule has 0 atom stereocenters. The zero-order chi connectivity index (χ0) is 18.8. The molecule has 1 amide bonds. The lowest BCUT2D eigenvalue weighted by molar-refractivity contribution is 0.0453. The van der Waals surface area contributed by atoms with E-state index in [4.69, 9.17) is 9.47 Å². The molecule has 0 radical (unpaired) electrons. The molecule has 0 heterocycles. The average molecular weight is 357 g/mol. The van der Waals surface area contributed by atoms with Crippen molar-refractivity contribution in [2.45, 2.75) is 33.4 Å². The van der Waals surface area contributed by atoms with E-state index in [0.717, 1.165) is 23.1 Å². The second-order valence-electron chi connectivity index (χ2n) is 5.96. The van der Waals surface area contributed by atoms with E-state index >= 15 is 0 Å². The van der Waals surface area contributed by atoms with Gasteiger partial charge < -0.3 is 19.9 Å². The maximum atomic E-state index is 12.4. The number of carbonyl (C=O) groups excluding carboxylic acids is 1. The van der Waals surface area contributed by atoms with Gasteiger partial charge in [0.1, 0.15) is 5.75 Å². The molecule has 0 spiro atoms. The average Bonchev–Trinajstić information content (AvgIpc) is 2.66. The van der Waals surface area contributed by atoms with Gasteiger partial charge in [-0.05, 0) is 42.2 Å². The first-order valence-electron chi connectivity index (χ1n) is 8.97. The highest BCUT2D eigenvalue weighted by molar-refractivity contribution is 5.96. The summed E-state index contributed by atoms with van der Waals surface area (Å²) in [6.07, 6.45) is 0.811. The lowest BCUT2D eigenvalue weighted by Crippen LogP contribution is -2.23. The third kappa shape index (κ3) is 6.17. The van der Waals surface area contributed by atoms with Gasteiger partial charge in [-0.25, -0.2) is 0 Å².